The van der Waals surface area contributed by atoms with Crippen LogP contribution in [0, 0.1) is 0 Å². The molecule has 0 spiro atoms. The molecule has 24 heavy (non-hydrogen) atoms. The highest BCUT2D eigenvalue weighted by molar-refractivity contribution is 6.60. The van der Waals surface area contributed by atoms with Crippen LogP contribution in [0.4, 0.5) is 0 Å². The van der Waals surface area contributed by atoms with Gasteiger partial charge in [0.2, 0.25) is 0 Å². The van der Waals surface area contributed by atoms with E-state index < -0.39 is 8.80 Å². The van der Waals surface area contributed by atoms with Crippen molar-refractivity contribution in [3.8, 4) is 0 Å². The molecule has 0 aliphatic carbocycles. The fraction of sp³-hybridized carbons (Fsp3) is 0.611. The number of aryl methyl sites for hydroxylation is 1. The lowest BCUT2D eigenvalue weighted by Crippen LogP contribution is -2.46. The molecule has 0 aromatic heterocycles. The first kappa shape index (κ1) is 20.8. The highest BCUT2D eigenvalue weighted by Crippen LogP contribution is 2.21. The van der Waals surface area contributed by atoms with E-state index in [1.54, 1.807) is 0 Å². The van der Waals surface area contributed by atoms with Crippen molar-refractivity contribution in [1.29, 1.82) is 0 Å². The third-order valence-electron chi connectivity index (χ3n) is 3.55. The van der Waals surface area contributed by atoms with Gasteiger partial charge in [0, 0.05) is 45.5 Å². The predicted octanol–water partition coefficient (Wildman–Crippen LogP) is 3.56. The molecule has 0 amide bonds. The van der Waals surface area contributed by atoms with Crippen LogP contribution >= 0.6 is 0 Å². The summed E-state index contributed by atoms with van der Waals surface area (Å²) in [5.41, 5.74) is 3.42. The molecule has 0 unspecified atom stereocenters. The Balaban J connectivity index is 2.99. The molecule has 0 aliphatic rings. The standard InChI is InChI=1S/C18H32N2O3Si/c1-7-21-24(22-8-2,23-9-3)15-14-17-12-10-11-13-18(17)16(4)19-20(5)6/h10-13H,7-9,14-15H2,1-6H3/b19-16+. The van der Waals surface area contributed by atoms with Crippen LogP contribution in [-0.2, 0) is 19.7 Å². The van der Waals surface area contributed by atoms with Crippen molar-refractivity contribution in [2.75, 3.05) is 33.9 Å². The van der Waals surface area contributed by atoms with Crippen LogP contribution in [0.5, 0.6) is 0 Å². The number of benzene rings is 1. The van der Waals surface area contributed by atoms with E-state index >= 15 is 0 Å². The molecule has 0 heterocycles. The van der Waals surface area contributed by atoms with Crippen LogP contribution in [0.15, 0.2) is 29.4 Å². The van der Waals surface area contributed by atoms with Crippen molar-refractivity contribution in [2.24, 2.45) is 5.10 Å². The minimum Gasteiger partial charge on any atom is -0.374 e. The van der Waals surface area contributed by atoms with Gasteiger partial charge in [-0.15, -0.1) is 0 Å². The van der Waals surface area contributed by atoms with Gasteiger partial charge in [-0.2, -0.15) is 5.10 Å². The second-order valence-corrected chi connectivity index (χ2v) is 8.40. The molecule has 1 aromatic carbocycles. The molecule has 0 radical (unpaired) electrons. The molecule has 0 fully saturated rings. The first-order chi connectivity index (χ1) is 11.5. The van der Waals surface area contributed by atoms with Crippen molar-refractivity contribution < 1.29 is 13.3 Å². The van der Waals surface area contributed by atoms with Crippen molar-refractivity contribution in [1.82, 2.24) is 5.01 Å². The summed E-state index contributed by atoms with van der Waals surface area (Å²) >= 11 is 0. The molecule has 1 aromatic rings. The van der Waals surface area contributed by atoms with Gasteiger partial charge in [0.1, 0.15) is 0 Å². The van der Waals surface area contributed by atoms with Gasteiger partial charge in [-0.05, 0) is 39.7 Å². The lowest BCUT2D eigenvalue weighted by Gasteiger charge is -2.28. The molecule has 136 valence electrons. The molecule has 0 saturated carbocycles. The van der Waals surface area contributed by atoms with E-state index in [-0.39, 0.29) is 0 Å². The van der Waals surface area contributed by atoms with Gasteiger partial charge in [0.15, 0.2) is 0 Å². The van der Waals surface area contributed by atoms with Gasteiger partial charge >= 0.3 is 8.80 Å². The first-order valence-corrected chi connectivity index (χ1v) is 10.6. The third kappa shape index (κ3) is 6.35. The summed E-state index contributed by atoms with van der Waals surface area (Å²) in [6.45, 7) is 9.82. The lowest BCUT2D eigenvalue weighted by molar-refractivity contribution is 0.0714. The van der Waals surface area contributed by atoms with Crippen molar-refractivity contribution >= 4 is 14.5 Å². The van der Waals surface area contributed by atoms with Gasteiger partial charge in [0.05, 0.1) is 5.71 Å². The zero-order chi connectivity index (χ0) is 18.0. The Morgan fingerprint density at radius 2 is 1.54 bits per heavy atom. The lowest BCUT2D eigenvalue weighted by atomic mass is 10.0. The molecule has 0 bridgehead atoms. The maximum atomic E-state index is 5.95. The quantitative estimate of drug-likeness (QED) is 0.347. The maximum Gasteiger partial charge on any atom is 0.501 e. The topological polar surface area (TPSA) is 43.3 Å². The predicted molar refractivity (Wildman–Crippen MR) is 101 cm³/mol. The number of nitrogens with zero attached hydrogens (tertiary/aromatic N) is 2. The molecule has 0 aliphatic heterocycles. The Hall–Kier alpha value is -1.21. The number of hydrogen-bond donors (Lipinski definition) is 0. The summed E-state index contributed by atoms with van der Waals surface area (Å²) in [4.78, 5) is 0. The zero-order valence-electron chi connectivity index (χ0n) is 16.0. The van der Waals surface area contributed by atoms with Crippen molar-refractivity contribution in [3.05, 3.63) is 35.4 Å². The summed E-state index contributed by atoms with van der Waals surface area (Å²) in [5.74, 6) is 0. The summed E-state index contributed by atoms with van der Waals surface area (Å²) in [6, 6.07) is 9.14. The fourth-order valence-corrected chi connectivity index (χ4v) is 5.31. The SMILES string of the molecule is CCO[Si](CCc1ccccc1/C(C)=N/N(C)C)(OCC)OCC. The fourth-order valence-electron chi connectivity index (χ4n) is 2.73. The average Bonchev–Trinajstić information content (AvgIpc) is 2.53. The normalized spacial score (nSPS) is 12.5. The van der Waals surface area contributed by atoms with Gasteiger partial charge in [-0.25, -0.2) is 0 Å². The molecular formula is C18H32N2O3Si. The molecule has 1 rings (SSSR count). The van der Waals surface area contributed by atoms with Gasteiger partial charge < -0.3 is 18.3 Å². The molecule has 0 N–H and O–H groups in total. The molecular weight excluding hydrogens is 320 g/mol. The third-order valence-corrected chi connectivity index (χ3v) is 6.60. The molecule has 6 heteroatoms. The minimum atomic E-state index is -2.62. The Morgan fingerprint density at radius 1 is 1.00 bits per heavy atom. The van der Waals surface area contributed by atoms with Gasteiger partial charge in [0.25, 0.3) is 0 Å². The summed E-state index contributed by atoms with van der Waals surface area (Å²) in [7, 11) is 1.25. The Labute approximate surface area is 148 Å². The second kappa shape index (κ2) is 10.6. The highest BCUT2D eigenvalue weighted by Gasteiger charge is 2.40. The Morgan fingerprint density at radius 3 is 2.04 bits per heavy atom. The van der Waals surface area contributed by atoms with Crippen LogP contribution in [0.1, 0.15) is 38.8 Å². The number of hydrazone groups is 1. The Kier molecular flexibility index (Phi) is 9.21. The zero-order valence-corrected chi connectivity index (χ0v) is 17.0. The molecule has 5 nitrogen and oxygen atoms in total. The van der Waals surface area contributed by atoms with Crippen molar-refractivity contribution in [3.63, 3.8) is 0 Å². The number of rotatable bonds is 11. The van der Waals surface area contributed by atoms with E-state index in [0.29, 0.717) is 19.8 Å². The van der Waals surface area contributed by atoms with Crippen LogP contribution in [0.3, 0.4) is 0 Å². The van der Waals surface area contributed by atoms with Gasteiger partial charge in [-0.1, -0.05) is 24.3 Å². The van der Waals surface area contributed by atoms with E-state index in [0.717, 1.165) is 18.2 Å². The van der Waals surface area contributed by atoms with Crippen LogP contribution in [0.2, 0.25) is 6.04 Å². The van der Waals surface area contributed by atoms with Crippen molar-refractivity contribution in [2.45, 2.75) is 40.2 Å². The number of hydrogen-bond acceptors (Lipinski definition) is 5. The maximum absolute atomic E-state index is 5.95. The summed E-state index contributed by atoms with van der Waals surface area (Å²) < 4.78 is 17.9. The highest BCUT2D eigenvalue weighted by atomic mass is 28.4. The first-order valence-electron chi connectivity index (χ1n) is 8.70. The second-order valence-electron chi connectivity index (χ2n) is 5.67. The van der Waals surface area contributed by atoms with Gasteiger partial charge in [-0.3, -0.25) is 0 Å². The summed E-state index contributed by atoms with van der Waals surface area (Å²) in [6.07, 6.45) is 0.850. The largest absolute Gasteiger partial charge is 0.501 e. The van der Waals surface area contributed by atoms with E-state index in [2.05, 4.69) is 23.3 Å². The average molecular weight is 353 g/mol. The van der Waals surface area contributed by atoms with Crippen LogP contribution in [-0.4, -0.2) is 53.4 Å². The van der Waals surface area contributed by atoms with Crippen LogP contribution in [0.25, 0.3) is 0 Å². The van der Waals surface area contributed by atoms with E-state index in [4.69, 9.17) is 13.3 Å². The molecule has 0 saturated heterocycles. The minimum absolute atomic E-state index is 0.606. The smallest absolute Gasteiger partial charge is 0.374 e. The molecule has 0 atom stereocenters. The monoisotopic (exact) mass is 352 g/mol. The summed E-state index contributed by atoms with van der Waals surface area (Å²) in [5, 5.41) is 6.35. The Bertz CT molecular complexity index is 504. The van der Waals surface area contributed by atoms with E-state index in [1.807, 2.05) is 52.9 Å². The van der Waals surface area contributed by atoms with E-state index in [9.17, 15) is 0 Å². The van der Waals surface area contributed by atoms with Crippen LogP contribution < -0.4 is 0 Å². The van der Waals surface area contributed by atoms with E-state index in [1.165, 1.54) is 11.1 Å².